The molecule has 0 aromatic carbocycles. The molecule has 6 nitrogen and oxygen atoms in total. The van der Waals surface area contributed by atoms with Crippen LogP contribution in [0.2, 0.25) is 0 Å². The maximum Gasteiger partial charge on any atom is 0.418 e. The Morgan fingerprint density at radius 3 is 2.20 bits per heavy atom. The van der Waals surface area contributed by atoms with Gasteiger partial charge < -0.3 is 9.84 Å². The van der Waals surface area contributed by atoms with Crippen molar-refractivity contribution in [2.45, 2.75) is 38.7 Å². The van der Waals surface area contributed by atoms with Crippen LogP contribution in [0.3, 0.4) is 0 Å². The molecule has 0 fully saturated rings. The number of carbonyl (C=O) groups excluding carboxylic acids is 1. The summed E-state index contributed by atoms with van der Waals surface area (Å²) in [5.41, 5.74) is -1.25. The maximum absolute atomic E-state index is 12.2. The second-order valence-corrected chi connectivity index (χ2v) is 4.91. The van der Waals surface area contributed by atoms with Crippen molar-refractivity contribution in [3.63, 3.8) is 0 Å². The molecule has 0 aliphatic rings. The molecule has 1 unspecified atom stereocenters. The van der Waals surface area contributed by atoms with Crippen molar-refractivity contribution in [2.75, 3.05) is 5.32 Å². The number of amides is 1. The van der Waals surface area contributed by atoms with Gasteiger partial charge in [0.2, 0.25) is 5.95 Å². The number of hydrogen-bond acceptors (Lipinski definition) is 5. The Bertz CT molecular complexity index is 469. The van der Waals surface area contributed by atoms with Crippen LogP contribution < -0.4 is 5.32 Å². The second-order valence-electron chi connectivity index (χ2n) is 4.91. The first kappa shape index (κ1) is 16.2. The number of aliphatic hydroxyl groups is 1. The summed E-state index contributed by atoms with van der Waals surface area (Å²) in [6, 6.07) is 0. The number of nitrogens with zero attached hydrogens (tertiary/aromatic N) is 2. The minimum atomic E-state index is -4.80. The van der Waals surface area contributed by atoms with Gasteiger partial charge in [-0.05, 0) is 20.8 Å². The van der Waals surface area contributed by atoms with Crippen LogP contribution in [-0.4, -0.2) is 32.9 Å². The summed E-state index contributed by atoms with van der Waals surface area (Å²) in [6.07, 6.45) is -6.75. The summed E-state index contributed by atoms with van der Waals surface area (Å²) < 4.78 is 41.6. The van der Waals surface area contributed by atoms with Gasteiger partial charge in [-0.1, -0.05) is 0 Å². The van der Waals surface area contributed by atoms with Gasteiger partial charge in [0.05, 0.1) is 0 Å². The molecule has 112 valence electrons. The molecule has 1 aromatic heterocycles. The fraction of sp³-hybridized carbons (Fsp3) is 0.545. The summed E-state index contributed by atoms with van der Waals surface area (Å²) in [4.78, 5) is 18.4. The van der Waals surface area contributed by atoms with Gasteiger partial charge in [0, 0.05) is 18.0 Å². The van der Waals surface area contributed by atoms with Crippen molar-refractivity contribution in [1.29, 1.82) is 0 Å². The molecule has 0 bridgehead atoms. The fourth-order valence-corrected chi connectivity index (χ4v) is 1.13. The zero-order valence-electron chi connectivity index (χ0n) is 11.0. The Labute approximate surface area is 113 Å². The van der Waals surface area contributed by atoms with E-state index in [0.717, 1.165) is 12.4 Å². The van der Waals surface area contributed by atoms with Gasteiger partial charge in [-0.2, -0.15) is 13.2 Å². The number of rotatable bonds is 2. The third-order valence-corrected chi connectivity index (χ3v) is 1.91. The summed E-state index contributed by atoms with van der Waals surface area (Å²) in [7, 11) is 0. The van der Waals surface area contributed by atoms with Crippen LogP contribution >= 0.6 is 0 Å². The van der Waals surface area contributed by atoms with E-state index in [9.17, 15) is 18.0 Å². The highest BCUT2D eigenvalue weighted by atomic mass is 19.4. The molecule has 2 N–H and O–H groups in total. The normalized spacial score (nSPS) is 13.8. The fourth-order valence-electron chi connectivity index (χ4n) is 1.13. The predicted molar refractivity (Wildman–Crippen MR) is 62.9 cm³/mol. The van der Waals surface area contributed by atoms with E-state index in [-0.39, 0.29) is 5.95 Å². The number of hydrogen-bond donors (Lipinski definition) is 2. The number of carbonyl (C=O) groups is 1. The van der Waals surface area contributed by atoms with E-state index in [4.69, 9.17) is 9.84 Å². The molecule has 1 heterocycles. The third kappa shape index (κ3) is 5.00. The van der Waals surface area contributed by atoms with Crippen LogP contribution in [0.25, 0.3) is 0 Å². The molecule has 1 amide bonds. The first-order valence-electron chi connectivity index (χ1n) is 5.56. The number of anilines is 1. The minimum absolute atomic E-state index is 0.225. The molecule has 9 heteroatoms. The lowest BCUT2D eigenvalue weighted by Gasteiger charge is -2.19. The highest BCUT2D eigenvalue weighted by molar-refractivity contribution is 5.82. The average Bonchev–Trinajstić information content (AvgIpc) is 2.25. The molecule has 0 radical (unpaired) electrons. The average molecular weight is 293 g/mol. The van der Waals surface area contributed by atoms with Crippen LogP contribution in [0.15, 0.2) is 12.4 Å². The van der Waals surface area contributed by atoms with E-state index < -0.39 is 29.5 Å². The van der Waals surface area contributed by atoms with Crippen molar-refractivity contribution in [3.8, 4) is 0 Å². The zero-order chi connectivity index (χ0) is 15.6. The highest BCUT2D eigenvalue weighted by Crippen LogP contribution is 2.31. The first-order chi connectivity index (χ1) is 8.99. The molecule has 0 aliphatic heterocycles. The lowest BCUT2D eigenvalue weighted by atomic mass is 10.2. The molecule has 1 rings (SSSR count). The van der Waals surface area contributed by atoms with Crippen molar-refractivity contribution in [1.82, 2.24) is 9.97 Å². The SMILES string of the molecule is CC(C)(C)OC(=O)Nc1ncc(C(O)C(F)(F)F)cn1. The molecule has 0 spiro atoms. The first-order valence-corrected chi connectivity index (χ1v) is 5.56. The lowest BCUT2D eigenvalue weighted by Crippen LogP contribution is -2.28. The van der Waals surface area contributed by atoms with Crippen molar-refractivity contribution in [3.05, 3.63) is 18.0 Å². The van der Waals surface area contributed by atoms with Crippen LogP contribution in [0, 0.1) is 0 Å². The smallest absolute Gasteiger partial charge is 0.418 e. The van der Waals surface area contributed by atoms with E-state index in [1.165, 1.54) is 0 Å². The Balaban J connectivity index is 2.70. The second kappa shape index (κ2) is 5.61. The molecule has 0 saturated carbocycles. The molecule has 0 saturated heterocycles. The van der Waals surface area contributed by atoms with Crippen LogP contribution in [-0.2, 0) is 4.74 Å². The third-order valence-electron chi connectivity index (χ3n) is 1.91. The monoisotopic (exact) mass is 293 g/mol. The molecule has 0 aliphatic carbocycles. The molecule has 1 atom stereocenters. The quantitative estimate of drug-likeness (QED) is 0.874. The van der Waals surface area contributed by atoms with Crippen LogP contribution in [0.5, 0.6) is 0 Å². The number of ether oxygens (including phenoxy) is 1. The van der Waals surface area contributed by atoms with E-state index in [0.29, 0.717) is 0 Å². The van der Waals surface area contributed by atoms with Crippen LogP contribution in [0.4, 0.5) is 23.9 Å². The molecule has 20 heavy (non-hydrogen) atoms. The predicted octanol–water partition coefficient (Wildman–Crippen LogP) is 2.42. The van der Waals surface area contributed by atoms with Gasteiger partial charge in [-0.15, -0.1) is 0 Å². The Hall–Kier alpha value is -1.90. The number of halogens is 3. The lowest BCUT2D eigenvalue weighted by molar-refractivity contribution is -0.206. The van der Waals surface area contributed by atoms with E-state index in [1.54, 1.807) is 20.8 Å². The zero-order valence-corrected chi connectivity index (χ0v) is 11.0. The topological polar surface area (TPSA) is 84.3 Å². The molecular formula is C11H14F3N3O3. The number of aromatic nitrogens is 2. The number of nitrogens with one attached hydrogen (secondary N) is 1. The summed E-state index contributed by atoms with van der Waals surface area (Å²) in [6.45, 7) is 4.95. The number of alkyl halides is 3. The van der Waals surface area contributed by atoms with E-state index in [1.807, 2.05) is 0 Å². The largest absolute Gasteiger partial charge is 0.444 e. The summed E-state index contributed by atoms with van der Waals surface area (Å²) >= 11 is 0. The maximum atomic E-state index is 12.2. The van der Waals surface area contributed by atoms with E-state index in [2.05, 4.69) is 15.3 Å². The van der Waals surface area contributed by atoms with Crippen molar-refractivity contribution >= 4 is 12.0 Å². The molecule has 1 aromatic rings. The van der Waals surface area contributed by atoms with Gasteiger partial charge in [0.15, 0.2) is 6.10 Å². The van der Waals surface area contributed by atoms with Gasteiger partial charge in [-0.25, -0.2) is 14.8 Å². The summed E-state index contributed by atoms with van der Waals surface area (Å²) in [5.74, 6) is -0.225. The number of aliphatic hydroxyl groups excluding tert-OH is 1. The standard InChI is InChI=1S/C11H14F3N3O3/c1-10(2,3)20-9(19)17-8-15-4-6(5-16-8)7(18)11(12,13)14/h4-5,7,18H,1-3H3,(H,15,16,17,19). The van der Waals surface area contributed by atoms with Gasteiger partial charge in [0.1, 0.15) is 5.60 Å². The van der Waals surface area contributed by atoms with Gasteiger partial charge >= 0.3 is 12.3 Å². The van der Waals surface area contributed by atoms with Crippen molar-refractivity contribution in [2.24, 2.45) is 0 Å². The summed E-state index contributed by atoms with van der Waals surface area (Å²) in [5, 5.41) is 11.1. The van der Waals surface area contributed by atoms with E-state index >= 15 is 0 Å². The highest BCUT2D eigenvalue weighted by Gasteiger charge is 2.39. The minimum Gasteiger partial charge on any atom is -0.444 e. The van der Waals surface area contributed by atoms with Crippen LogP contribution in [0.1, 0.15) is 32.4 Å². The molecular weight excluding hydrogens is 279 g/mol. The Morgan fingerprint density at radius 2 is 1.80 bits per heavy atom. The Kier molecular flexibility index (Phi) is 4.53. The van der Waals surface area contributed by atoms with Gasteiger partial charge in [0.25, 0.3) is 0 Å². The Morgan fingerprint density at radius 1 is 1.30 bits per heavy atom. The van der Waals surface area contributed by atoms with Gasteiger partial charge in [-0.3, -0.25) is 5.32 Å². The van der Waals surface area contributed by atoms with Crippen molar-refractivity contribution < 1.29 is 27.8 Å².